The molecule has 0 saturated carbocycles. The number of benzene rings is 1. The zero-order chi connectivity index (χ0) is 35.8. The second kappa shape index (κ2) is 30.7. The van der Waals surface area contributed by atoms with Crippen molar-refractivity contribution < 1.29 is 37.7 Å². The van der Waals surface area contributed by atoms with Crippen molar-refractivity contribution in [3.63, 3.8) is 0 Å². The van der Waals surface area contributed by atoms with E-state index in [0.29, 0.717) is 52.8 Å². The number of hydrogen-bond donors (Lipinski definition) is 1. The van der Waals surface area contributed by atoms with Crippen LogP contribution in [0.15, 0.2) is 30.5 Å². The van der Waals surface area contributed by atoms with Crippen molar-refractivity contribution in [1.29, 1.82) is 0 Å². The zero-order valence-corrected chi connectivity index (χ0v) is 32.2. The summed E-state index contributed by atoms with van der Waals surface area (Å²) in [5, 5.41) is 8.43. The molecular weight excluding hydrogens is 657 g/mol. The van der Waals surface area contributed by atoms with E-state index in [1.807, 2.05) is 23.0 Å². The second-order valence-electron chi connectivity index (χ2n) is 12.9. The van der Waals surface area contributed by atoms with Crippen molar-refractivity contribution in [2.24, 2.45) is 0 Å². The topological polar surface area (TPSA) is 123 Å². The average Bonchev–Trinajstić information content (AvgIpc) is 3.55. The van der Waals surface area contributed by atoms with Crippen LogP contribution in [-0.4, -0.2) is 85.5 Å². The van der Waals surface area contributed by atoms with Gasteiger partial charge in [-0.05, 0) is 31.0 Å². The number of rotatable bonds is 36. The summed E-state index contributed by atoms with van der Waals surface area (Å²) in [5.74, 6) is 0.913. The minimum atomic E-state index is -3.53. The smallest absolute Gasteiger partial charge is 0.330 e. The fraction of sp³-hybridized carbons (Fsp3) is 0.789. The Kier molecular flexibility index (Phi) is 27.2. The summed E-state index contributed by atoms with van der Waals surface area (Å²) in [5.41, 5.74) is 1.91. The molecule has 0 aliphatic rings. The maximum Gasteiger partial charge on any atom is 0.330 e. The van der Waals surface area contributed by atoms with Crippen LogP contribution >= 0.6 is 7.60 Å². The van der Waals surface area contributed by atoms with Crippen molar-refractivity contribution in [3.8, 4) is 5.75 Å². The fourth-order valence-electron chi connectivity index (χ4n) is 5.48. The molecule has 1 atom stereocenters. The Balaban J connectivity index is 1.37. The van der Waals surface area contributed by atoms with Crippen molar-refractivity contribution in [3.05, 3.63) is 41.7 Å². The average molecular weight is 726 g/mol. The monoisotopic (exact) mass is 725 g/mol. The molecule has 0 bridgehead atoms. The van der Waals surface area contributed by atoms with Crippen molar-refractivity contribution in [1.82, 2.24) is 15.0 Å². The number of nitrogens with zero attached hydrogens (tertiary/aromatic N) is 3. The first-order valence-electron chi connectivity index (χ1n) is 19.4. The number of unbranched alkanes of at least 4 members (excludes halogenated alkanes) is 15. The van der Waals surface area contributed by atoms with E-state index in [2.05, 4.69) is 29.4 Å². The van der Waals surface area contributed by atoms with Crippen LogP contribution in [0, 0.1) is 0 Å². The molecule has 0 aliphatic heterocycles. The van der Waals surface area contributed by atoms with E-state index in [0.717, 1.165) is 30.0 Å². The second-order valence-corrected chi connectivity index (χ2v) is 14.9. The van der Waals surface area contributed by atoms with Crippen LogP contribution in [0.3, 0.4) is 0 Å². The van der Waals surface area contributed by atoms with Crippen LogP contribution in [-0.2, 0) is 41.2 Å². The van der Waals surface area contributed by atoms with Gasteiger partial charge in [0.1, 0.15) is 11.4 Å². The van der Waals surface area contributed by atoms with E-state index in [1.165, 1.54) is 96.3 Å². The molecule has 1 unspecified atom stereocenters. The zero-order valence-electron chi connectivity index (χ0n) is 31.3. The first kappa shape index (κ1) is 44.3. The van der Waals surface area contributed by atoms with Gasteiger partial charge in [-0.15, -0.1) is 5.10 Å². The summed E-state index contributed by atoms with van der Waals surface area (Å²) in [6.45, 7) is 8.59. The highest BCUT2D eigenvalue weighted by Crippen LogP contribution is 2.40. The Hall–Kier alpha value is -1.85. The van der Waals surface area contributed by atoms with Gasteiger partial charge in [-0.25, -0.2) is 4.68 Å². The SMILES string of the molecule is CCCCCCCCCCCCCCCCCCOc1ccc(Cn2cc(COCCOCCOCCOCCP(=O)(O)OCC)nn2)cc1. The van der Waals surface area contributed by atoms with E-state index in [1.54, 1.807) is 6.92 Å². The Labute approximate surface area is 302 Å². The van der Waals surface area contributed by atoms with Crippen molar-refractivity contribution in [2.75, 3.05) is 65.6 Å². The third kappa shape index (κ3) is 25.2. The molecular formula is C38H68N3O8P. The van der Waals surface area contributed by atoms with E-state index < -0.39 is 7.60 Å². The number of ether oxygens (including phenoxy) is 5. The molecule has 0 aliphatic carbocycles. The molecule has 2 aromatic rings. The molecule has 1 aromatic heterocycles. The highest BCUT2D eigenvalue weighted by atomic mass is 31.2. The number of hydrogen-bond acceptors (Lipinski definition) is 9. The van der Waals surface area contributed by atoms with Gasteiger partial charge in [-0.1, -0.05) is 121 Å². The first-order chi connectivity index (χ1) is 24.5. The predicted octanol–water partition coefficient (Wildman–Crippen LogP) is 8.76. The van der Waals surface area contributed by atoms with Crippen LogP contribution < -0.4 is 4.74 Å². The molecule has 0 fully saturated rings. The van der Waals surface area contributed by atoms with Crippen LogP contribution in [0.25, 0.3) is 0 Å². The fourth-order valence-corrected chi connectivity index (χ4v) is 6.38. The molecule has 288 valence electrons. The van der Waals surface area contributed by atoms with Gasteiger partial charge in [0, 0.05) is 0 Å². The summed E-state index contributed by atoms with van der Waals surface area (Å²) in [4.78, 5) is 9.47. The minimum absolute atomic E-state index is 0.0242. The van der Waals surface area contributed by atoms with Crippen molar-refractivity contribution >= 4 is 7.60 Å². The quantitative estimate of drug-likeness (QED) is 0.0539. The molecule has 1 heterocycles. The molecule has 2 rings (SSSR count). The highest BCUT2D eigenvalue weighted by Gasteiger charge is 2.17. The summed E-state index contributed by atoms with van der Waals surface area (Å²) < 4.78 is 46.0. The third-order valence-corrected chi connectivity index (χ3v) is 9.75. The Morgan fingerprint density at radius 3 is 1.68 bits per heavy atom. The van der Waals surface area contributed by atoms with Gasteiger partial charge in [0.05, 0.1) is 85.0 Å². The van der Waals surface area contributed by atoms with Crippen LogP contribution in [0.1, 0.15) is 128 Å². The largest absolute Gasteiger partial charge is 0.494 e. The summed E-state index contributed by atoms with van der Waals surface area (Å²) in [7, 11) is -3.53. The van der Waals surface area contributed by atoms with Gasteiger partial charge in [0.25, 0.3) is 0 Å². The lowest BCUT2D eigenvalue weighted by atomic mass is 10.0. The molecule has 50 heavy (non-hydrogen) atoms. The molecule has 0 saturated heterocycles. The Morgan fingerprint density at radius 1 is 0.640 bits per heavy atom. The van der Waals surface area contributed by atoms with Gasteiger partial charge in [-0.2, -0.15) is 0 Å². The number of aromatic nitrogens is 3. The van der Waals surface area contributed by atoms with E-state index in [9.17, 15) is 9.46 Å². The lowest BCUT2D eigenvalue weighted by Gasteiger charge is -2.11. The molecule has 0 spiro atoms. The minimum Gasteiger partial charge on any atom is -0.494 e. The van der Waals surface area contributed by atoms with E-state index in [-0.39, 0.29) is 19.4 Å². The Bertz CT molecular complexity index is 1090. The maximum absolute atomic E-state index is 11.5. The standard InChI is InChI=1S/C38H68N3O8P/c1-3-5-6-7-8-9-10-11-12-13-14-15-16-17-18-19-24-48-38-22-20-36(21-23-38)33-41-34-37(39-40-41)35-47-30-29-45-26-25-44-27-28-46-31-32-50(42,43)49-4-2/h20-23,34H,3-19,24-33,35H2,1-2H3,(H,42,43). The Morgan fingerprint density at radius 2 is 1.14 bits per heavy atom. The van der Waals surface area contributed by atoms with Gasteiger partial charge < -0.3 is 33.1 Å². The van der Waals surface area contributed by atoms with Gasteiger partial charge >= 0.3 is 7.60 Å². The summed E-state index contributed by atoms with van der Waals surface area (Å²) in [6, 6.07) is 8.22. The van der Waals surface area contributed by atoms with Crippen molar-refractivity contribution in [2.45, 2.75) is 130 Å². The van der Waals surface area contributed by atoms with E-state index >= 15 is 0 Å². The van der Waals surface area contributed by atoms with Gasteiger partial charge in [-0.3, -0.25) is 4.57 Å². The molecule has 11 nitrogen and oxygen atoms in total. The molecule has 12 heteroatoms. The first-order valence-corrected chi connectivity index (χ1v) is 21.2. The highest BCUT2D eigenvalue weighted by molar-refractivity contribution is 7.52. The lowest BCUT2D eigenvalue weighted by Crippen LogP contribution is -2.13. The third-order valence-electron chi connectivity index (χ3n) is 8.34. The predicted molar refractivity (Wildman–Crippen MR) is 199 cm³/mol. The molecule has 0 radical (unpaired) electrons. The summed E-state index contributed by atoms with van der Waals surface area (Å²) >= 11 is 0. The van der Waals surface area contributed by atoms with Crippen LogP contribution in [0.4, 0.5) is 0 Å². The van der Waals surface area contributed by atoms with Gasteiger partial charge in [0.2, 0.25) is 0 Å². The summed E-state index contributed by atoms with van der Waals surface area (Å²) in [6.07, 6.45) is 23.8. The normalized spacial score (nSPS) is 12.8. The maximum atomic E-state index is 11.5. The molecule has 0 amide bonds. The van der Waals surface area contributed by atoms with Crippen LogP contribution in [0.2, 0.25) is 0 Å². The lowest BCUT2D eigenvalue weighted by molar-refractivity contribution is -0.00331. The van der Waals surface area contributed by atoms with Crippen LogP contribution in [0.5, 0.6) is 5.75 Å². The van der Waals surface area contributed by atoms with E-state index in [4.69, 9.17) is 28.2 Å². The molecule has 1 N–H and O–H groups in total. The van der Waals surface area contributed by atoms with Gasteiger partial charge in [0.15, 0.2) is 0 Å². The molecule has 1 aromatic carbocycles.